The Morgan fingerprint density at radius 1 is 1.04 bits per heavy atom. The van der Waals surface area contributed by atoms with Crippen molar-refractivity contribution in [2.24, 2.45) is 11.8 Å². The lowest BCUT2D eigenvalue weighted by Gasteiger charge is -2.31. The van der Waals surface area contributed by atoms with Crippen LogP contribution in [-0.4, -0.2) is 44.1 Å². The second kappa shape index (κ2) is 8.22. The van der Waals surface area contributed by atoms with E-state index >= 15 is 0 Å². The van der Waals surface area contributed by atoms with Crippen molar-refractivity contribution in [1.29, 1.82) is 0 Å². The predicted molar refractivity (Wildman–Crippen MR) is 92.8 cm³/mol. The van der Waals surface area contributed by atoms with Gasteiger partial charge in [0.2, 0.25) is 5.91 Å². The SMILES string of the molecule is O=C([O-])c1cc(NC(=O)[C@@H]2CC=CC[C@H]2C(=O)[O-])ccc1N1CCOCC1. The summed E-state index contributed by atoms with van der Waals surface area (Å²) in [5.41, 5.74) is 0.752. The van der Waals surface area contributed by atoms with E-state index in [0.717, 1.165) is 0 Å². The second-order valence-electron chi connectivity index (χ2n) is 6.58. The van der Waals surface area contributed by atoms with E-state index in [2.05, 4.69) is 5.32 Å². The van der Waals surface area contributed by atoms with Crippen molar-refractivity contribution in [3.63, 3.8) is 0 Å². The van der Waals surface area contributed by atoms with Crippen LogP contribution in [0.1, 0.15) is 23.2 Å². The third-order valence-electron chi connectivity index (χ3n) is 4.91. The molecule has 2 atom stereocenters. The number of carboxylic acid groups (broad SMARTS) is 2. The lowest BCUT2D eigenvalue weighted by Crippen LogP contribution is -2.41. The lowest BCUT2D eigenvalue weighted by molar-refractivity contribution is -0.313. The van der Waals surface area contributed by atoms with Crippen LogP contribution in [0.15, 0.2) is 30.4 Å². The summed E-state index contributed by atoms with van der Waals surface area (Å²) < 4.78 is 5.27. The third-order valence-corrected chi connectivity index (χ3v) is 4.91. The Morgan fingerprint density at radius 2 is 1.70 bits per heavy atom. The van der Waals surface area contributed by atoms with Gasteiger partial charge in [0.15, 0.2) is 0 Å². The molecule has 1 amide bonds. The first kappa shape index (κ1) is 18.9. The summed E-state index contributed by atoms with van der Waals surface area (Å²) in [6.07, 6.45) is 4.01. The van der Waals surface area contributed by atoms with Crippen molar-refractivity contribution >= 4 is 29.2 Å². The van der Waals surface area contributed by atoms with Gasteiger partial charge in [0.25, 0.3) is 0 Å². The molecule has 0 spiro atoms. The van der Waals surface area contributed by atoms with Crippen LogP contribution < -0.4 is 20.4 Å². The fourth-order valence-electron chi connectivity index (χ4n) is 3.46. The molecule has 1 saturated heterocycles. The summed E-state index contributed by atoms with van der Waals surface area (Å²) in [4.78, 5) is 37.2. The smallest absolute Gasteiger partial charge is 0.228 e. The number of carbonyl (C=O) groups is 3. The average molecular weight is 372 g/mol. The molecule has 1 aliphatic carbocycles. The van der Waals surface area contributed by atoms with Gasteiger partial charge in [-0.2, -0.15) is 0 Å². The summed E-state index contributed by atoms with van der Waals surface area (Å²) >= 11 is 0. The number of nitrogens with one attached hydrogen (secondary N) is 1. The minimum absolute atomic E-state index is 0.0327. The predicted octanol–water partition coefficient (Wildman–Crippen LogP) is -0.842. The van der Waals surface area contributed by atoms with E-state index in [1.807, 2.05) is 4.90 Å². The van der Waals surface area contributed by atoms with Gasteiger partial charge in [0.1, 0.15) is 0 Å². The highest BCUT2D eigenvalue weighted by Gasteiger charge is 2.30. The molecule has 0 aromatic heterocycles. The molecule has 1 aromatic carbocycles. The topological polar surface area (TPSA) is 122 Å². The Hall–Kier alpha value is -2.87. The molecule has 27 heavy (non-hydrogen) atoms. The van der Waals surface area contributed by atoms with Crippen LogP contribution in [0, 0.1) is 11.8 Å². The number of allylic oxidation sites excluding steroid dienone is 2. The number of nitrogens with zero attached hydrogens (tertiary/aromatic N) is 1. The van der Waals surface area contributed by atoms with Crippen LogP contribution in [0.5, 0.6) is 0 Å². The van der Waals surface area contributed by atoms with Gasteiger partial charge in [-0.25, -0.2) is 0 Å². The number of anilines is 2. The lowest BCUT2D eigenvalue weighted by atomic mass is 9.82. The van der Waals surface area contributed by atoms with E-state index in [1.54, 1.807) is 24.3 Å². The zero-order chi connectivity index (χ0) is 19.4. The molecule has 3 rings (SSSR count). The number of aromatic carboxylic acids is 1. The van der Waals surface area contributed by atoms with E-state index in [4.69, 9.17) is 4.74 Å². The fourth-order valence-corrected chi connectivity index (χ4v) is 3.46. The number of morpholine rings is 1. The van der Waals surface area contributed by atoms with Gasteiger partial charge in [-0.05, 0) is 31.0 Å². The second-order valence-corrected chi connectivity index (χ2v) is 6.58. The van der Waals surface area contributed by atoms with E-state index in [1.165, 1.54) is 6.07 Å². The zero-order valence-corrected chi connectivity index (χ0v) is 14.7. The maximum atomic E-state index is 12.5. The number of aliphatic carboxylic acids is 1. The Morgan fingerprint density at radius 3 is 2.33 bits per heavy atom. The van der Waals surface area contributed by atoms with Crippen LogP contribution in [0.3, 0.4) is 0 Å². The highest BCUT2D eigenvalue weighted by molar-refractivity contribution is 5.99. The average Bonchev–Trinajstić information content (AvgIpc) is 2.68. The Bertz CT molecular complexity index is 769. The molecule has 1 aliphatic heterocycles. The molecule has 8 heteroatoms. The number of ether oxygens (including phenoxy) is 1. The van der Waals surface area contributed by atoms with E-state index in [0.29, 0.717) is 38.4 Å². The van der Waals surface area contributed by atoms with Crippen molar-refractivity contribution in [2.45, 2.75) is 12.8 Å². The molecule has 8 nitrogen and oxygen atoms in total. The minimum atomic E-state index is -1.35. The van der Waals surface area contributed by atoms with E-state index in [-0.39, 0.29) is 17.7 Å². The zero-order valence-electron chi connectivity index (χ0n) is 14.7. The molecule has 1 fully saturated rings. The Kier molecular flexibility index (Phi) is 5.75. The van der Waals surface area contributed by atoms with Crippen molar-refractivity contribution in [3.8, 4) is 0 Å². The fraction of sp³-hybridized carbons (Fsp3) is 0.421. The Balaban J connectivity index is 1.79. The first-order chi connectivity index (χ1) is 13.0. The molecule has 0 bridgehead atoms. The first-order valence-corrected chi connectivity index (χ1v) is 8.82. The largest absolute Gasteiger partial charge is 0.550 e. The van der Waals surface area contributed by atoms with Crippen molar-refractivity contribution in [1.82, 2.24) is 0 Å². The normalized spacial score (nSPS) is 22.3. The highest BCUT2D eigenvalue weighted by Crippen LogP contribution is 2.28. The summed E-state index contributed by atoms with van der Waals surface area (Å²) in [7, 11) is 0. The molecule has 1 N–H and O–H groups in total. The third kappa shape index (κ3) is 4.28. The summed E-state index contributed by atoms with van der Waals surface area (Å²) in [5, 5.41) is 25.5. The maximum absolute atomic E-state index is 12.5. The summed E-state index contributed by atoms with van der Waals surface area (Å²) in [5.74, 6) is -4.75. The van der Waals surface area contributed by atoms with Crippen molar-refractivity contribution in [3.05, 3.63) is 35.9 Å². The van der Waals surface area contributed by atoms with E-state index in [9.17, 15) is 24.6 Å². The quantitative estimate of drug-likeness (QED) is 0.669. The van der Waals surface area contributed by atoms with Crippen LogP contribution in [-0.2, 0) is 14.3 Å². The van der Waals surface area contributed by atoms with Gasteiger partial charge in [-0.3, -0.25) is 4.79 Å². The molecule has 1 aromatic rings. The number of hydrogen-bond donors (Lipinski definition) is 1. The van der Waals surface area contributed by atoms with Gasteiger partial charge in [-0.15, -0.1) is 0 Å². The Labute approximate surface area is 156 Å². The van der Waals surface area contributed by atoms with Gasteiger partial charge in [-0.1, -0.05) is 12.2 Å². The summed E-state index contributed by atoms with van der Waals surface area (Å²) in [6.45, 7) is 2.14. The highest BCUT2D eigenvalue weighted by atomic mass is 16.5. The number of amides is 1. The van der Waals surface area contributed by atoms with Gasteiger partial charge < -0.3 is 34.8 Å². The van der Waals surface area contributed by atoms with E-state index < -0.39 is 29.7 Å². The van der Waals surface area contributed by atoms with Crippen molar-refractivity contribution < 1.29 is 29.3 Å². The number of benzene rings is 1. The van der Waals surface area contributed by atoms with Crippen LogP contribution in [0.25, 0.3) is 0 Å². The van der Waals surface area contributed by atoms with Gasteiger partial charge >= 0.3 is 0 Å². The van der Waals surface area contributed by atoms with Crippen LogP contribution in [0.2, 0.25) is 0 Å². The maximum Gasteiger partial charge on any atom is 0.228 e. The summed E-state index contributed by atoms with van der Waals surface area (Å²) in [6, 6.07) is 4.55. The van der Waals surface area contributed by atoms with Gasteiger partial charge in [0.05, 0.1) is 25.1 Å². The molecular weight excluding hydrogens is 352 g/mol. The van der Waals surface area contributed by atoms with Crippen LogP contribution >= 0.6 is 0 Å². The standard InChI is InChI=1S/C19H22N2O6/c22-17(13-3-1-2-4-14(13)18(23)24)20-12-5-6-16(15(11-12)19(25)26)21-7-9-27-10-8-21/h1-2,5-6,11,13-14H,3-4,7-10H2,(H,20,22)(H,23,24)(H,25,26)/p-2/t13-,14-/m1/s1. The molecule has 2 aliphatic rings. The van der Waals surface area contributed by atoms with Gasteiger partial charge in [0, 0.05) is 41.9 Å². The number of hydrogen-bond acceptors (Lipinski definition) is 7. The van der Waals surface area contributed by atoms with Crippen molar-refractivity contribution in [2.75, 3.05) is 36.5 Å². The number of carbonyl (C=O) groups excluding carboxylic acids is 3. The molecule has 1 heterocycles. The molecule has 144 valence electrons. The van der Waals surface area contributed by atoms with Crippen LogP contribution in [0.4, 0.5) is 11.4 Å². The number of rotatable bonds is 5. The number of carboxylic acids is 2. The molecule has 0 unspecified atom stereocenters. The first-order valence-electron chi connectivity index (χ1n) is 8.82. The molecular formula is C19H20N2O6-2. The minimum Gasteiger partial charge on any atom is -0.550 e. The molecule has 0 saturated carbocycles. The monoisotopic (exact) mass is 372 g/mol. The molecule has 0 radical (unpaired) electrons.